The van der Waals surface area contributed by atoms with E-state index in [0.717, 1.165) is 5.65 Å². The van der Waals surface area contributed by atoms with Crippen LogP contribution in [0.5, 0.6) is 5.75 Å². The Morgan fingerprint density at radius 3 is 2.76 bits per heavy atom. The molecular formula is C17H16Cl2N4O2. The van der Waals surface area contributed by atoms with Gasteiger partial charge in [0.2, 0.25) is 0 Å². The van der Waals surface area contributed by atoms with Crippen LogP contribution < -0.4 is 10.1 Å². The fraction of sp³-hybridized carbons (Fsp3) is 0.235. The highest BCUT2D eigenvalue weighted by Gasteiger charge is 2.21. The van der Waals surface area contributed by atoms with Gasteiger partial charge in [-0.15, -0.1) is 10.2 Å². The molecule has 0 aliphatic heterocycles. The minimum Gasteiger partial charge on any atom is -0.479 e. The van der Waals surface area contributed by atoms with Crippen molar-refractivity contribution in [2.75, 3.05) is 0 Å². The summed E-state index contributed by atoms with van der Waals surface area (Å²) in [6.07, 6.45) is 1.11. The molecule has 1 N–H and O–H groups in total. The normalized spacial score (nSPS) is 13.4. The number of aromatic nitrogens is 3. The Kier molecular flexibility index (Phi) is 5.11. The zero-order chi connectivity index (χ0) is 18.0. The van der Waals surface area contributed by atoms with E-state index in [1.54, 1.807) is 25.1 Å². The molecule has 2 aromatic heterocycles. The van der Waals surface area contributed by atoms with Crippen molar-refractivity contribution in [1.82, 2.24) is 19.9 Å². The summed E-state index contributed by atoms with van der Waals surface area (Å²) in [7, 11) is 0. The van der Waals surface area contributed by atoms with Crippen LogP contribution in [0.2, 0.25) is 10.0 Å². The Bertz CT molecular complexity index is 913. The minimum atomic E-state index is -0.736. The fourth-order valence-corrected chi connectivity index (χ4v) is 2.82. The van der Waals surface area contributed by atoms with Crippen LogP contribution in [0.3, 0.4) is 0 Å². The zero-order valence-electron chi connectivity index (χ0n) is 13.6. The lowest BCUT2D eigenvalue weighted by atomic mass is 10.2. The van der Waals surface area contributed by atoms with Crippen molar-refractivity contribution in [2.45, 2.75) is 26.0 Å². The summed E-state index contributed by atoms with van der Waals surface area (Å²) in [5.41, 5.74) is 0.718. The van der Waals surface area contributed by atoms with Crippen molar-refractivity contribution in [3.8, 4) is 5.75 Å². The summed E-state index contributed by atoms with van der Waals surface area (Å²) >= 11 is 11.9. The molecule has 3 aromatic rings. The maximum atomic E-state index is 12.4. The molecule has 0 saturated carbocycles. The van der Waals surface area contributed by atoms with Crippen molar-refractivity contribution in [2.24, 2.45) is 0 Å². The monoisotopic (exact) mass is 378 g/mol. The Hall–Kier alpha value is -2.31. The summed E-state index contributed by atoms with van der Waals surface area (Å²) in [5.74, 6) is 0.751. The second kappa shape index (κ2) is 7.29. The average molecular weight is 379 g/mol. The molecule has 0 aliphatic rings. The van der Waals surface area contributed by atoms with Gasteiger partial charge in [0.15, 0.2) is 17.6 Å². The van der Waals surface area contributed by atoms with Gasteiger partial charge in [0, 0.05) is 11.2 Å². The molecule has 2 atom stereocenters. The van der Waals surface area contributed by atoms with Crippen molar-refractivity contribution in [3.05, 3.63) is 58.5 Å². The van der Waals surface area contributed by atoms with Crippen LogP contribution in [0.15, 0.2) is 42.6 Å². The van der Waals surface area contributed by atoms with E-state index >= 15 is 0 Å². The molecule has 6 nitrogen and oxygen atoms in total. The van der Waals surface area contributed by atoms with Crippen LogP contribution in [-0.4, -0.2) is 26.6 Å². The van der Waals surface area contributed by atoms with E-state index in [0.29, 0.717) is 21.6 Å². The molecule has 0 bridgehead atoms. The molecule has 2 heterocycles. The van der Waals surface area contributed by atoms with E-state index in [1.807, 2.05) is 35.7 Å². The largest absolute Gasteiger partial charge is 0.479 e. The van der Waals surface area contributed by atoms with Gasteiger partial charge in [-0.3, -0.25) is 9.20 Å². The van der Waals surface area contributed by atoms with Crippen LogP contribution in [0.1, 0.15) is 25.7 Å². The maximum absolute atomic E-state index is 12.4. The van der Waals surface area contributed by atoms with Crippen molar-refractivity contribution < 1.29 is 9.53 Å². The number of amides is 1. The predicted octanol–water partition coefficient (Wildman–Crippen LogP) is 3.68. The third-order valence-corrected chi connectivity index (χ3v) is 4.18. The van der Waals surface area contributed by atoms with E-state index in [4.69, 9.17) is 27.9 Å². The van der Waals surface area contributed by atoms with Crippen LogP contribution in [-0.2, 0) is 4.79 Å². The number of ether oxygens (including phenoxy) is 1. The van der Waals surface area contributed by atoms with Gasteiger partial charge in [-0.2, -0.15) is 0 Å². The Balaban J connectivity index is 1.68. The quantitative estimate of drug-likeness (QED) is 0.734. The first kappa shape index (κ1) is 17.5. The third kappa shape index (κ3) is 3.86. The fourth-order valence-electron chi connectivity index (χ4n) is 2.37. The summed E-state index contributed by atoms with van der Waals surface area (Å²) in [6.45, 7) is 3.48. The van der Waals surface area contributed by atoms with E-state index in [-0.39, 0.29) is 11.9 Å². The number of pyridine rings is 1. The first-order valence-electron chi connectivity index (χ1n) is 7.67. The Labute approximate surface area is 154 Å². The molecule has 0 saturated heterocycles. The molecule has 0 radical (unpaired) electrons. The SMILES string of the molecule is C[C@H](Oc1ccc(Cl)cc1Cl)C(=O)N[C@@H](C)c1nnc2ccccn12. The van der Waals surface area contributed by atoms with E-state index in [1.165, 1.54) is 0 Å². The van der Waals surface area contributed by atoms with Crippen molar-refractivity contribution >= 4 is 34.8 Å². The second-order valence-corrected chi connectivity index (χ2v) is 6.40. The number of nitrogens with one attached hydrogen (secondary N) is 1. The summed E-state index contributed by atoms with van der Waals surface area (Å²) in [4.78, 5) is 12.4. The lowest BCUT2D eigenvalue weighted by Gasteiger charge is -2.18. The number of benzene rings is 1. The molecule has 0 aliphatic carbocycles. The highest BCUT2D eigenvalue weighted by molar-refractivity contribution is 6.35. The minimum absolute atomic E-state index is 0.286. The molecule has 1 amide bonds. The molecule has 0 fully saturated rings. The number of carbonyl (C=O) groups excluding carboxylic acids is 1. The van der Waals surface area contributed by atoms with Gasteiger partial charge in [0.25, 0.3) is 5.91 Å². The van der Waals surface area contributed by atoms with Crippen LogP contribution >= 0.6 is 23.2 Å². The Morgan fingerprint density at radius 1 is 1.20 bits per heavy atom. The van der Waals surface area contributed by atoms with Crippen LogP contribution in [0.25, 0.3) is 5.65 Å². The molecule has 0 unspecified atom stereocenters. The second-order valence-electron chi connectivity index (χ2n) is 5.55. The topological polar surface area (TPSA) is 68.5 Å². The molecule has 3 rings (SSSR count). The van der Waals surface area contributed by atoms with Gasteiger partial charge in [-0.25, -0.2) is 0 Å². The smallest absolute Gasteiger partial charge is 0.261 e. The van der Waals surface area contributed by atoms with Gasteiger partial charge in [0.05, 0.1) is 11.1 Å². The molecule has 130 valence electrons. The van der Waals surface area contributed by atoms with Crippen LogP contribution in [0, 0.1) is 0 Å². The highest BCUT2D eigenvalue weighted by atomic mass is 35.5. The standard InChI is InChI=1S/C17H16Cl2N4O2/c1-10(16-22-21-15-5-3-4-8-23(15)16)20-17(24)11(2)25-14-7-6-12(18)9-13(14)19/h3-11H,1-2H3,(H,20,24)/t10-,11-/m0/s1. The Morgan fingerprint density at radius 2 is 2.00 bits per heavy atom. The van der Waals surface area contributed by atoms with Gasteiger partial charge in [-0.05, 0) is 44.2 Å². The zero-order valence-corrected chi connectivity index (χ0v) is 15.1. The lowest BCUT2D eigenvalue weighted by Crippen LogP contribution is -2.38. The lowest BCUT2D eigenvalue weighted by molar-refractivity contribution is -0.128. The first-order valence-corrected chi connectivity index (χ1v) is 8.43. The number of hydrogen-bond donors (Lipinski definition) is 1. The van der Waals surface area contributed by atoms with Crippen molar-refractivity contribution in [3.63, 3.8) is 0 Å². The number of fused-ring (bicyclic) bond motifs is 1. The molecular weight excluding hydrogens is 363 g/mol. The summed E-state index contributed by atoms with van der Waals surface area (Å²) in [5, 5.41) is 11.9. The van der Waals surface area contributed by atoms with E-state index in [9.17, 15) is 4.79 Å². The van der Waals surface area contributed by atoms with Gasteiger partial charge >= 0.3 is 0 Å². The summed E-state index contributed by atoms with van der Waals surface area (Å²) < 4.78 is 7.45. The molecule has 25 heavy (non-hydrogen) atoms. The molecule has 0 spiro atoms. The third-order valence-electron chi connectivity index (χ3n) is 3.65. The maximum Gasteiger partial charge on any atom is 0.261 e. The number of nitrogens with zero attached hydrogens (tertiary/aromatic N) is 3. The van der Waals surface area contributed by atoms with Crippen LogP contribution in [0.4, 0.5) is 0 Å². The number of carbonyl (C=O) groups is 1. The molecule has 1 aromatic carbocycles. The van der Waals surface area contributed by atoms with Gasteiger partial charge < -0.3 is 10.1 Å². The van der Waals surface area contributed by atoms with E-state index < -0.39 is 6.10 Å². The number of hydrogen-bond acceptors (Lipinski definition) is 4. The van der Waals surface area contributed by atoms with E-state index in [2.05, 4.69) is 15.5 Å². The number of halogens is 2. The predicted molar refractivity (Wildman–Crippen MR) is 96.1 cm³/mol. The number of rotatable bonds is 5. The summed E-state index contributed by atoms with van der Waals surface area (Å²) in [6, 6.07) is 10.1. The van der Waals surface area contributed by atoms with Crippen molar-refractivity contribution in [1.29, 1.82) is 0 Å². The highest BCUT2D eigenvalue weighted by Crippen LogP contribution is 2.28. The average Bonchev–Trinajstić information content (AvgIpc) is 3.01. The van der Waals surface area contributed by atoms with Gasteiger partial charge in [-0.1, -0.05) is 29.3 Å². The first-order chi connectivity index (χ1) is 12.0. The van der Waals surface area contributed by atoms with Gasteiger partial charge in [0.1, 0.15) is 5.75 Å². The molecule has 8 heteroatoms.